The highest BCUT2D eigenvalue weighted by Crippen LogP contribution is 2.30. The van der Waals surface area contributed by atoms with Crippen molar-refractivity contribution in [2.24, 2.45) is 0 Å². The van der Waals surface area contributed by atoms with E-state index in [0.29, 0.717) is 12.1 Å². The lowest BCUT2D eigenvalue weighted by molar-refractivity contribution is -0.384. The number of nitro groups is 1. The Morgan fingerprint density at radius 3 is 2.24 bits per heavy atom. The standard InChI is InChI=1S/C16H8F4N2O6S/c17-13-8-12-9(7-14(13)28-29(26,27)16(18,19)20)5-6-21(15(12)23)10-1-3-11(4-2-10)22(24)25/h1-8H. The van der Waals surface area contributed by atoms with Gasteiger partial charge in [0.1, 0.15) is 0 Å². The van der Waals surface area contributed by atoms with Gasteiger partial charge in [-0.25, -0.2) is 4.39 Å². The maximum atomic E-state index is 14.1. The first kappa shape index (κ1) is 20.3. The summed E-state index contributed by atoms with van der Waals surface area (Å²) in [7, 11) is -6.09. The molecular weight excluding hydrogens is 424 g/mol. The Hall–Kier alpha value is -3.48. The minimum absolute atomic E-state index is 0.0815. The Bertz CT molecular complexity index is 1280. The maximum Gasteiger partial charge on any atom is 0.534 e. The van der Waals surface area contributed by atoms with E-state index >= 15 is 0 Å². The Balaban J connectivity index is 2.08. The largest absolute Gasteiger partial charge is 0.534 e. The van der Waals surface area contributed by atoms with Crippen LogP contribution in [0.5, 0.6) is 5.75 Å². The molecule has 3 rings (SSSR count). The van der Waals surface area contributed by atoms with Crippen LogP contribution in [0.15, 0.2) is 53.5 Å². The molecule has 1 heterocycles. The Labute approximate surface area is 158 Å². The number of hydrogen-bond donors (Lipinski definition) is 0. The van der Waals surface area contributed by atoms with E-state index in [2.05, 4.69) is 4.18 Å². The van der Waals surface area contributed by atoms with Gasteiger partial charge in [-0.1, -0.05) is 0 Å². The van der Waals surface area contributed by atoms with Crippen molar-refractivity contribution >= 4 is 26.6 Å². The van der Waals surface area contributed by atoms with Crippen LogP contribution in [0.4, 0.5) is 23.2 Å². The van der Waals surface area contributed by atoms with Crippen LogP contribution < -0.4 is 9.74 Å². The zero-order chi connectivity index (χ0) is 21.6. The lowest BCUT2D eigenvalue weighted by Gasteiger charge is -2.12. The maximum absolute atomic E-state index is 14.1. The molecule has 152 valence electrons. The average Bonchev–Trinajstić information content (AvgIpc) is 2.62. The molecule has 0 fully saturated rings. The molecule has 0 aliphatic heterocycles. The van der Waals surface area contributed by atoms with Crippen molar-refractivity contribution in [3.8, 4) is 11.4 Å². The number of non-ortho nitro benzene ring substituents is 1. The summed E-state index contributed by atoms with van der Waals surface area (Å²) in [5.74, 6) is -2.72. The third-order valence-corrected chi connectivity index (χ3v) is 4.74. The summed E-state index contributed by atoms with van der Waals surface area (Å²) in [6.45, 7) is 0. The van der Waals surface area contributed by atoms with Crippen LogP contribution >= 0.6 is 0 Å². The number of aromatic nitrogens is 1. The molecule has 29 heavy (non-hydrogen) atoms. The second-order valence-corrected chi connectivity index (χ2v) is 7.16. The highest BCUT2D eigenvalue weighted by molar-refractivity contribution is 7.88. The number of benzene rings is 2. The van der Waals surface area contributed by atoms with Crippen LogP contribution in [0, 0.1) is 15.9 Å². The van der Waals surface area contributed by atoms with Gasteiger partial charge in [-0.2, -0.15) is 21.6 Å². The van der Waals surface area contributed by atoms with E-state index in [1.165, 1.54) is 24.4 Å². The van der Waals surface area contributed by atoms with Crippen molar-refractivity contribution in [2.45, 2.75) is 5.51 Å². The van der Waals surface area contributed by atoms with Crippen LogP contribution in [-0.4, -0.2) is 23.4 Å². The monoisotopic (exact) mass is 432 g/mol. The molecule has 0 bridgehead atoms. The summed E-state index contributed by atoms with van der Waals surface area (Å²) < 4.78 is 78.3. The topological polar surface area (TPSA) is 109 Å². The molecule has 0 saturated heterocycles. The number of rotatable bonds is 4. The van der Waals surface area contributed by atoms with E-state index in [0.717, 1.165) is 16.7 Å². The molecule has 0 aliphatic carbocycles. The molecule has 2 aromatic carbocycles. The van der Waals surface area contributed by atoms with Crippen molar-refractivity contribution < 1.29 is 35.1 Å². The van der Waals surface area contributed by atoms with Crippen LogP contribution in [0.3, 0.4) is 0 Å². The number of alkyl halides is 3. The van der Waals surface area contributed by atoms with E-state index < -0.39 is 37.7 Å². The lowest BCUT2D eigenvalue weighted by Crippen LogP contribution is -2.28. The first-order valence-corrected chi connectivity index (χ1v) is 8.92. The second-order valence-electron chi connectivity index (χ2n) is 5.62. The number of hydrogen-bond acceptors (Lipinski definition) is 6. The third-order valence-electron chi connectivity index (χ3n) is 3.78. The lowest BCUT2D eigenvalue weighted by atomic mass is 10.1. The number of fused-ring (bicyclic) bond motifs is 1. The van der Waals surface area contributed by atoms with Crippen LogP contribution in [0.25, 0.3) is 16.5 Å². The van der Waals surface area contributed by atoms with Gasteiger partial charge in [-0.3, -0.25) is 19.5 Å². The molecule has 0 amide bonds. The number of pyridine rings is 1. The first-order valence-electron chi connectivity index (χ1n) is 7.51. The van der Waals surface area contributed by atoms with Gasteiger partial charge in [-0.05, 0) is 35.7 Å². The second kappa shape index (κ2) is 6.84. The minimum atomic E-state index is -6.09. The zero-order valence-electron chi connectivity index (χ0n) is 13.9. The Morgan fingerprint density at radius 2 is 1.69 bits per heavy atom. The van der Waals surface area contributed by atoms with Gasteiger partial charge in [-0.15, -0.1) is 0 Å². The molecule has 0 unspecified atom stereocenters. The summed E-state index contributed by atoms with van der Waals surface area (Å²) >= 11 is 0. The van der Waals surface area contributed by atoms with Gasteiger partial charge in [0.25, 0.3) is 11.2 Å². The van der Waals surface area contributed by atoms with Gasteiger partial charge < -0.3 is 4.18 Å². The van der Waals surface area contributed by atoms with Crippen molar-refractivity contribution in [3.05, 3.63) is 74.9 Å². The molecule has 0 aliphatic rings. The molecule has 0 spiro atoms. The predicted molar refractivity (Wildman–Crippen MR) is 91.8 cm³/mol. The number of halogens is 4. The van der Waals surface area contributed by atoms with E-state index in [1.807, 2.05) is 0 Å². The molecule has 3 aromatic rings. The minimum Gasteiger partial charge on any atom is -0.373 e. The summed E-state index contributed by atoms with van der Waals surface area (Å²) in [5, 5.41) is 10.3. The van der Waals surface area contributed by atoms with E-state index in [-0.39, 0.29) is 22.1 Å². The third kappa shape index (κ3) is 3.76. The van der Waals surface area contributed by atoms with Crippen molar-refractivity contribution in [3.63, 3.8) is 0 Å². The summed E-state index contributed by atoms with van der Waals surface area (Å²) in [5.41, 5.74) is -6.56. The average molecular weight is 432 g/mol. The molecular formula is C16H8F4N2O6S. The molecule has 0 N–H and O–H groups in total. The highest BCUT2D eigenvalue weighted by atomic mass is 32.2. The summed E-state index contributed by atoms with van der Waals surface area (Å²) in [6, 6.07) is 7.24. The van der Waals surface area contributed by atoms with Gasteiger partial charge in [0, 0.05) is 24.0 Å². The first-order chi connectivity index (χ1) is 13.4. The van der Waals surface area contributed by atoms with Crippen molar-refractivity contribution in [1.29, 1.82) is 0 Å². The Morgan fingerprint density at radius 1 is 1.07 bits per heavy atom. The summed E-state index contributed by atoms with van der Waals surface area (Å²) in [6.07, 6.45) is 1.19. The predicted octanol–water partition coefficient (Wildman–Crippen LogP) is 3.27. The van der Waals surface area contributed by atoms with Crippen LogP contribution in [0.1, 0.15) is 0 Å². The number of nitro benzene ring substituents is 1. The fourth-order valence-electron chi connectivity index (χ4n) is 2.41. The van der Waals surface area contributed by atoms with Crippen molar-refractivity contribution in [2.75, 3.05) is 0 Å². The van der Waals surface area contributed by atoms with E-state index in [9.17, 15) is 40.9 Å². The van der Waals surface area contributed by atoms with E-state index in [1.54, 1.807) is 0 Å². The molecule has 0 radical (unpaired) electrons. The molecule has 0 atom stereocenters. The zero-order valence-corrected chi connectivity index (χ0v) is 14.7. The smallest absolute Gasteiger partial charge is 0.373 e. The fraction of sp³-hybridized carbons (Fsp3) is 0.0625. The SMILES string of the molecule is O=c1c2cc(F)c(OS(=O)(=O)C(F)(F)F)cc2ccn1-c1ccc([N+](=O)[O-])cc1. The highest BCUT2D eigenvalue weighted by Gasteiger charge is 2.49. The van der Waals surface area contributed by atoms with Crippen LogP contribution in [-0.2, 0) is 10.1 Å². The van der Waals surface area contributed by atoms with Crippen molar-refractivity contribution in [1.82, 2.24) is 4.57 Å². The fourth-order valence-corrected chi connectivity index (χ4v) is 2.87. The van der Waals surface area contributed by atoms with Gasteiger partial charge in [0.15, 0.2) is 11.6 Å². The quantitative estimate of drug-likeness (QED) is 0.206. The Kier molecular flexibility index (Phi) is 4.78. The van der Waals surface area contributed by atoms with E-state index in [4.69, 9.17) is 0 Å². The molecule has 1 aromatic heterocycles. The van der Waals surface area contributed by atoms with Crippen LogP contribution in [0.2, 0.25) is 0 Å². The molecule has 13 heteroatoms. The molecule has 8 nitrogen and oxygen atoms in total. The normalized spacial score (nSPS) is 12.1. The number of nitrogens with zero attached hydrogens (tertiary/aromatic N) is 2. The van der Waals surface area contributed by atoms with Gasteiger partial charge in [0.2, 0.25) is 0 Å². The van der Waals surface area contributed by atoms with Gasteiger partial charge in [0.05, 0.1) is 10.3 Å². The van der Waals surface area contributed by atoms with Gasteiger partial charge >= 0.3 is 15.6 Å². The summed E-state index contributed by atoms with van der Waals surface area (Å²) in [4.78, 5) is 22.6. The molecule has 0 saturated carbocycles.